The van der Waals surface area contributed by atoms with E-state index in [0.29, 0.717) is 12.0 Å². The summed E-state index contributed by atoms with van der Waals surface area (Å²) in [5, 5.41) is 3.49. The van der Waals surface area contributed by atoms with Crippen molar-refractivity contribution in [2.75, 3.05) is 13.7 Å². The first-order valence-corrected chi connectivity index (χ1v) is 6.82. The van der Waals surface area contributed by atoms with Crippen molar-refractivity contribution in [2.24, 2.45) is 0 Å². The van der Waals surface area contributed by atoms with Gasteiger partial charge in [0.05, 0.1) is 6.61 Å². The van der Waals surface area contributed by atoms with E-state index < -0.39 is 0 Å². The highest BCUT2D eigenvalue weighted by Crippen LogP contribution is 2.40. The van der Waals surface area contributed by atoms with Gasteiger partial charge >= 0.3 is 0 Å². The summed E-state index contributed by atoms with van der Waals surface area (Å²) in [6.45, 7) is 0.864. The molecule has 0 amide bonds. The summed E-state index contributed by atoms with van der Waals surface area (Å²) in [5.41, 5.74) is 2.85. The van der Waals surface area contributed by atoms with E-state index in [1.165, 1.54) is 42.6 Å². The summed E-state index contributed by atoms with van der Waals surface area (Å²) < 4.78 is 5.85. The third-order valence-electron chi connectivity index (χ3n) is 4.28. The SMILES string of the molecule is CNC1CCCCC1c1cccc2c1OCC2. The molecule has 0 aromatic heterocycles. The number of hydrogen-bond donors (Lipinski definition) is 1. The van der Waals surface area contributed by atoms with Gasteiger partial charge in [-0.2, -0.15) is 0 Å². The van der Waals surface area contributed by atoms with Crippen LogP contribution in [0.15, 0.2) is 18.2 Å². The van der Waals surface area contributed by atoms with Crippen LogP contribution in [0.2, 0.25) is 0 Å². The number of rotatable bonds is 2. The molecule has 17 heavy (non-hydrogen) atoms. The Morgan fingerprint density at radius 2 is 2.12 bits per heavy atom. The smallest absolute Gasteiger partial charge is 0.126 e. The molecule has 3 rings (SSSR count). The number of fused-ring (bicyclic) bond motifs is 1. The molecule has 0 bridgehead atoms. The maximum absolute atomic E-state index is 5.85. The van der Waals surface area contributed by atoms with Gasteiger partial charge in [0.25, 0.3) is 0 Å². The Bertz CT molecular complexity index is 402. The number of ether oxygens (including phenoxy) is 1. The maximum atomic E-state index is 5.85. The Hall–Kier alpha value is -1.02. The molecule has 2 heteroatoms. The zero-order valence-electron chi connectivity index (χ0n) is 10.5. The minimum atomic E-state index is 0.624. The molecule has 2 unspecified atom stereocenters. The summed E-state index contributed by atoms with van der Waals surface area (Å²) in [6.07, 6.45) is 6.39. The molecule has 92 valence electrons. The van der Waals surface area contributed by atoms with E-state index in [2.05, 4.69) is 30.6 Å². The van der Waals surface area contributed by atoms with Gasteiger partial charge in [0.1, 0.15) is 5.75 Å². The lowest BCUT2D eigenvalue weighted by Gasteiger charge is -2.32. The fraction of sp³-hybridized carbons (Fsp3) is 0.600. The molecule has 1 heterocycles. The molecule has 0 radical (unpaired) electrons. The van der Waals surface area contributed by atoms with Crippen LogP contribution in [0.25, 0.3) is 0 Å². The van der Waals surface area contributed by atoms with Crippen molar-refractivity contribution >= 4 is 0 Å². The van der Waals surface area contributed by atoms with E-state index >= 15 is 0 Å². The number of likely N-dealkylation sites (N-methyl/N-ethyl adjacent to an activating group) is 1. The molecule has 2 atom stereocenters. The molecule has 2 nitrogen and oxygen atoms in total. The van der Waals surface area contributed by atoms with E-state index in [4.69, 9.17) is 4.74 Å². The first-order valence-electron chi connectivity index (χ1n) is 6.82. The zero-order valence-corrected chi connectivity index (χ0v) is 10.5. The van der Waals surface area contributed by atoms with Gasteiger partial charge in [-0.05, 0) is 31.0 Å². The maximum Gasteiger partial charge on any atom is 0.126 e. The van der Waals surface area contributed by atoms with E-state index in [0.717, 1.165) is 13.0 Å². The van der Waals surface area contributed by atoms with Gasteiger partial charge < -0.3 is 10.1 Å². The average molecular weight is 231 g/mol. The summed E-state index contributed by atoms with van der Waals surface area (Å²) in [7, 11) is 2.09. The molecule has 1 fully saturated rings. The van der Waals surface area contributed by atoms with Crippen LogP contribution in [0.3, 0.4) is 0 Å². The van der Waals surface area contributed by atoms with Crippen LogP contribution in [0, 0.1) is 0 Å². The minimum Gasteiger partial charge on any atom is -0.493 e. The lowest BCUT2D eigenvalue weighted by atomic mass is 9.79. The van der Waals surface area contributed by atoms with Crippen LogP contribution in [0.4, 0.5) is 0 Å². The third-order valence-corrected chi connectivity index (χ3v) is 4.28. The number of para-hydroxylation sites is 1. The van der Waals surface area contributed by atoms with Gasteiger partial charge in [0.2, 0.25) is 0 Å². The first kappa shape index (κ1) is 11.1. The summed E-state index contributed by atoms with van der Waals surface area (Å²) >= 11 is 0. The predicted molar refractivity (Wildman–Crippen MR) is 69.7 cm³/mol. The average Bonchev–Trinajstić information content (AvgIpc) is 2.86. The van der Waals surface area contributed by atoms with Crippen molar-refractivity contribution in [3.8, 4) is 5.75 Å². The van der Waals surface area contributed by atoms with Crippen molar-refractivity contribution in [1.82, 2.24) is 5.32 Å². The molecule has 1 aliphatic carbocycles. The Balaban J connectivity index is 1.95. The largest absolute Gasteiger partial charge is 0.493 e. The third kappa shape index (κ3) is 1.95. The van der Waals surface area contributed by atoms with E-state index in [1.54, 1.807) is 0 Å². The van der Waals surface area contributed by atoms with Crippen molar-refractivity contribution in [3.05, 3.63) is 29.3 Å². The second-order valence-electron chi connectivity index (χ2n) is 5.22. The normalized spacial score (nSPS) is 27.6. The van der Waals surface area contributed by atoms with Crippen LogP contribution < -0.4 is 10.1 Å². The molecule has 1 N–H and O–H groups in total. The molecule has 2 aliphatic rings. The second-order valence-corrected chi connectivity index (χ2v) is 5.22. The minimum absolute atomic E-state index is 0.624. The Morgan fingerprint density at radius 1 is 1.24 bits per heavy atom. The van der Waals surface area contributed by atoms with Crippen LogP contribution in [-0.4, -0.2) is 19.7 Å². The second kappa shape index (κ2) is 4.69. The summed E-state index contributed by atoms with van der Waals surface area (Å²) in [4.78, 5) is 0. The van der Waals surface area contributed by atoms with Crippen LogP contribution in [-0.2, 0) is 6.42 Å². The standard InChI is InChI=1S/C15H21NO/c1-16-14-8-3-2-6-12(14)13-7-4-5-11-9-10-17-15(11)13/h4-5,7,12,14,16H,2-3,6,8-10H2,1H3. The highest BCUT2D eigenvalue weighted by atomic mass is 16.5. The molecular formula is C15H21NO. The Kier molecular flexibility index (Phi) is 3.06. The van der Waals surface area contributed by atoms with Crippen molar-refractivity contribution in [3.63, 3.8) is 0 Å². The number of benzene rings is 1. The van der Waals surface area contributed by atoms with Crippen LogP contribution in [0.1, 0.15) is 42.7 Å². The van der Waals surface area contributed by atoms with Crippen molar-refractivity contribution in [2.45, 2.75) is 44.1 Å². The molecule has 1 aromatic rings. The topological polar surface area (TPSA) is 21.3 Å². The van der Waals surface area contributed by atoms with Gasteiger partial charge in [-0.3, -0.25) is 0 Å². The highest BCUT2D eigenvalue weighted by Gasteiger charge is 2.29. The van der Waals surface area contributed by atoms with Crippen LogP contribution >= 0.6 is 0 Å². The van der Waals surface area contributed by atoms with E-state index in [9.17, 15) is 0 Å². The quantitative estimate of drug-likeness (QED) is 0.845. The fourth-order valence-corrected chi connectivity index (χ4v) is 3.38. The molecule has 0 spiro atoms. The van der Waals surface area contributed by atoms with Crippen molar-refractivity contribution < 1.29 is 4.74 Å². The predicted octanol–water partition coefficient (Wildman–Crippen LogP) is 2.87. The molecule has 1 aromatic carbocycles. The molecule has 0 saturated heterocycles. The van der Waals surface area contributed by atoms with Gasteiger partial charge in [0, 0.05) is 18.4 Å². The number of hydrogen-bond acceptors (Lipinski definition) is 2. The lowest BCUT2D eigenvalue weighted by Crippen LogP contribution is -2.34. The van der Waals surface area contributed by atoms with Gasteiger partial charge in [-0.15, -0.1) is 0 Å². The molecular weight excluding hydrogens is 210 g/mol. The van der Waals surface area contributed by atoms with E-state index in [1.807, 2.05) is 0 Å². The Morgan fingerprint density at radius 3 is 3.00 bits per heavy atom. The fourth-order valence-electron chi connectivity index (χ4n) is 3.38. The first-order chi connectivity index (χ1) is 8.40. The van der Waals surface area contributed by atoms with E-state index in [-0.39, 0.29) is 0 Å². The lowest BCUT2D eigenvalue weighted by molar-refractivity contribution is 0.319. The molecule has 1 saturated carbocycles. The monoisotopic (exact) mass is 231 g/mol. The van der Waals surface area contributed by atoms with Crippen molar-refractivity contribution in [1.29, 1.82) is 0 Å². The van der Waals surface area contributed by atoms with Gasteiger partial charge in [0.15, 0.2) is 0 Å². The highest BCUT2D eigenvalue weighted by molar-refractivity contribution is 5.46. The van der Waals surface area contributed by atoms with Gasteiger partial charge in [-0.1, -0.05) is 31.0 Å². The molecule has 1 aliphatic heterocycles. The van der Waals surface area contributed by atoms with Crippen LogP contribution in [0.5, 0.6) is 5.75 Å². The zero-order chi connectivity index (χ0) is 11.7. The summed E-state index contributed by atoms with van der Waals surface area (Å²) in [6, 6.07) is 7.30. The van der Waals surface area contributed by atoms with Gasteiger partial charge in [-0.25, -0.2) is 0 Å². The summed E-state index contributed by atoms with van der Waals surface area (Å²) in [5.74, 6) is 1.83. The Labute approximate surface area is 103 Å². The number of nitrogens with one attached hydrogen (secondary N) is 1.